The minimum absolute atomic E-state index is 0.0144. The first-order chi connectivity index (χ1) is 15.2. The van der Waals surface area contributed by atoms with Crippen LogP contribution in [0.4, 0.5) is 0 Å². The molecule has 1 atom stereocenters. The third-order valence-electron chi connectivity index (χ3n) is 7.17. The Kier molecular flexibility index (Phi) is 6.95. The maximum Gasteiger partial charge on any atom is 0.253 e. The molecular weight excluding hydrogens is 450 g/mol. The van der Waals surface area contributed by atoms with Gasteiger partial charge in [-0.3, -0.25) is 9.69 Å². The summed E-state index contributed by atoms with van der Waals surface area (Å²) < 4.78 is 51.3. The van der Waals surface area contributed by atoms with Gasteiger partial charge in [-0.2, -0.15) is 4.31 Å². The van der Waals surface area contributed by atoms with Crippen molar-refractivity contribution in [2.45, 2.75) is 55.5 Å². The van der Waals surface area contributed by atoms with E-state index in [0.717, 1.165) is 32.1 Å². The lowest BCUT2D eigenvalue weighted by molar-refractivity contribution is 0.0587. The molecule has 2 saturated heterocycles. The summed E-state index contributed by atoms with van der Waals surface area (Å²) in [7, 11) is -4.95. The highest BCUT2D eigenvalue weighted by Crippen LogP contribution is 2.27. The molecule has 0 unspecified atom stereocenters. The molecule has 4 rings (SSSR count). The Morgan fingerprint density at radius 3 is 2.34 bits per heavy atom. The number of hydrogen-bond donors (Lipinski definition) is 0. The summed E-state index contributed by atoms with van der Waals surface area (Å²) in [5.74, 6) is 0.268. The molecule has 1 amide bonds. The van der Waals surface area contributed by atoms with E-state index < -0.39 is 19.9 Å². The second kappa shape index (κ2) is 9.40. The van der Waals surface area contributed by atoms with E-state index in [-0.39, 0.29) is 34.4 Å². The summed E-state index contributed by atoms with van der Waals surface area (Å²) in [6.07, 6.45) is 5.65. The molecule has 2 heterocycles. The van der Waals surface area contributed by atoms with Crippen LogP contribution in [0.5, 0.6) is 0 Å². The number of sulfone groups is 1. The van der Waals surface area contributed by atoms with Crippen LogP contribution >= 0.6 is 0 Å². The SMILES string of the molecule is CN(C1CCCCC1)S(=O)(=O)c1cccc(C(=O)N2CCN([C@@H]3CCS(=O)(=O)C3)CC2)c1. The molecule has 0 radical (unpaired) electrons. The summed E-state index contributed by atoms with van der Waals surface area (Å²) >= 11 is 0. The second-order valence-corrected chi connectivity index (χ2v) is 13.5. The average molecular weight is 484 g/mol. The second-order valence-electron chi connectivity index (χ2n) is 9.23. The fourth-order valence-electron chi connectivity index (χ4n) is 5.13. The van der Waals surface area contributed by atoms with E-state index in [1.807, 2.05) is 0 Å². The zero-order valence-corrected chi connectivity index (χ0v) is 20.3. The predicted octanol–water partition coefficient (Wildman–Crippen LogP) is 1.58. The van der Waals surface area contributed by atoms with Gasteiger partial charge in [-0.15, -0.1) is 0 Å². The number of benzene rings is 1. The Hall–Kier alpha value is -1.49. The molecule has 3 fully saturated rings. The van der Waals surface area contributed by atoms with E-state index in [4.69, 9.17) is 0 Å². The molecule has 10 heteroatoms. The Balaban J connectivity index is 1.41. The van der Waals surface area contributed by atoms with Gasteiger partial charge in [0.1, 0.15) is 0 Å². The summed E-state index contributed by atoms with van der Waals surface area (Å²) in [4.78, 5) is 17.1. The van der Waals surface area contributed by atoms with E-state index in [1.54, 1.807) is 30.1 Å². The first-order valence-electron chi connectivity index (χ1n) is 11.5. The topological polar surface area (TPSA) is 95.1 Å². The predicted molar refractivity (Wildman–Crippen MR) is 123 cm³/mol. The first kappa shape index (κ1) is 23.7. The van der Waals surface area contributed by atoms with E-state index in [0.29, 0.717) is 38.2 Å². The summed E-state index contributed by atoms with van der Waals surface area (Å²) in [6.45, 7) is 2.28. The third kappa shape index (κ3) is 5.03. The van der Waals surface area contributed by atoms with Gasteiger partial charge in [0.05, 0.1) is 16.4 Å². The van der Waals surface area contributed by atoms with E-state index in [2.05, 4.69) is 4.90 Å². The number of rotatable bonds is 5. The highest BCUT2D eigenvalue weighted by molar-refractivity contribution is 7.91. The molecule has 1 aromatic rings. The summed E-state index contributed by atoms with van der Waals surface area (Å²) in [5.41, 5.74) is 0.375. The van der Waals surface area contributed by atoms with Crippen molar-refractivity contribution < 1.29 is 21.6 Å². The van der Waals surface area contributed by atoms with Gasteiger partial charge >= 0.3 is 0 Å². The minimum atomic E-state index is -3.66. The lowest BCUT2D eigenvalue weighted by Gasteiger charge is -2.37. The van der Waals surface area contributed by atoms with Gasteiger partial charge in [0.15, 0.2) is 9.84 Å². The highest BCUT2D eigenvalue weighted by atomic mass is 32.2. The first-order valence-corrected chi connectivity index (χ1v) is 14.8. The minimum Gasteiger partial charge on any atom is -0.336 e. The lowest BCUT2D eigenvalue weighted by atomic mass is 9.96. The zero-order chi connectivity index (χ0) is 22.9. The van der Waals surface area contributed by atoms with Gasteiger partial charge in [0, 0.05) is 50.9 Å². The largest absolute Gasteiger partial charge is 0.336 e. The molecule has 0 bridgehead atoms. The molecule has 1 saturated carbocycles. The van der Waals surface area contributed by atoms with Crippen LogP contribution in [0.2, 0.25) is 0 Å². The maximum atomic E-state index is 13.2. The van der Waals surface area contributed by atoms with E-state index in [9.17, 15) is 21.6 Å². The molecule has 1 aliphatic carbocycles. The van der Waals surface area contributed by atoms with Crippen LogP contribution in [-0.4, -0.2) is 93.7 Å². The summed E-state index contributed by atoms with van der Waals surface area (Å²) in [6, 6.07) is 6.41. The van der Waals surface area contributed by atoms with Crippen LogP contribution in [-0.2, 0) is 19.9 Å². The molecule has 0 N–H and O–H groups in total. The fraction of sp³-hybridized carbons (Fsp3) is 0.682. The third-order valence-corrected chi connectivity index (χ3v) is 10.8. The molecular formula is C22H33N3O5S2. The smallest absolute Gasteiger partial charge is 0.253 e. The molecule has 3 aliphatic rings. The average Bonchev–Trinajstić information content (AvgIpc) is 3.18. The number of amides is 1. The molecule has 32 heavy (non-hydrogen) atoms. The van der Waals surface area contributed by atoms with Crippen LogP contribution < -0.4 is 0 Å². The van der Waals surface area contributed by atoms with Crippen molar-refractivity contribution in [3.8, 4) is 0 Å². The number of nitrogens with zero attached hydrogens (tertiary/aromatic N) is 3. The van der Waals surface area contributed by atoms with Crippen LogP contribution in [0.25, 0.3) is 0 Å². The number of hydrogen-bond acceptors (Lipinski definition) is 6. The van der Waals surface area contributed by atoms with Crippen LogP contribution in [0.3, 0.4) is 0 Å². The Morgan fingerprint density at radius 2 is 1.72 bits per heavy atom. The van der Waals surface area contributed by atoms with Crippen molar-refractivity contribution in [1.82, 2.24) is 14.1 Å². The van der Waals surface area contributed by atoms with Crippen molar-refractivity contribution in [2.75, 3.05) is 44.7 Å². The van der Waals surface area contributed by atoms with Gasteiger partial charge in [-0.05, 0) is 37.5 Å². The van der Waals surface area contributed by atoms with Gasteiger partial charge in [0.25, 0.3) is 5.91 Å². The quantitative estimate of drug-likeness (QED) is 0.631. The molecule has 178 valence electrons. The maximum absolute atomic E-state index is 13.2. The van der Waals surface area contributed by atoms with E-state index in [1.165, 1.54) is 10.4 Å². The van der Waals surface area contributed by atoms with Gasteiger partial charge in [-0.25, -0.2) is 16.8 Å². The van der Waals surface area contributed by atoms with Crippen molar-refractivity contribution >= 4 is 25.8 Å². The normalized spacial score (nSPS) is 25.3. The Bertz CT molecular complexity index is 1040. The fourth-order valence-corrected chi connectivity index (χ4v) is 8.36. The number of sulfonamides is 1. The zero-order valence-electron chi connectivity index (χ0n) is 18.6. The van der Waals surface area contributed by atoms with Gasteiger partial charge in [0.2, 0.25) is 10.0 Å². The Morgan fingerprint density at radius 1 is 1.03 bits per heavy atom. The van der Waals surface area contributed by atoms with Gasteiger partial charge in [-0.1, -0.05) is 25.3 Å². The molecule has 0 spiro atoms. The number of carbonyl (C=O) groups excluding carboxylic acids is 1. The molecule has 1 aromatic carbocycles. The van der Waals surface area contributed by atoms with Crippen LogP contribution in [0, 0.1) is 0 Å². The van der Waals surface area contributed by atoms with E-state index >= 15 is 0 Å². The Labute approximate surface area is 191 Å². The number of carbonyl (C=O) groups is 1. The standard InChI is InChI=1S/C22H33N3O5S2/c1-23(19-7-3-2-4-8-19)32(29,30)21-9-5-6-18(16-21)22(26)25-13-11-24(12-14-25)20-10-15-31(27,28)17-20/h5-6,9,16,19-20H,2-4,7-8,10-15,17H2,1H3/t20-/m1/s1. The number of piperazine rings is 1. The summed E-state index contributed by atoms with van der Waals surface area (Å²) in [5, 5.41) is 0. The van der Waals surface area contributed by atoms with Crippen molar-refractivity contribution in [3.05, 3.63) is 29.8 Å². The lowest BCUT2D eigenvalue weighted by Crippen LogP contribution is -2.52. The van der Waals surface area contributed by atoms with Crippen molar-refractivity contribution in [2.24, 2.45) is 0 Å². The molecule has 2 aliphatic heterocycles. The molecule has 8 nitrogen and oxygen atoms in total. The van der Waals surface area contributed by atoms with Gasteiger partial charge < -0.3 is 4.90 Å². The highest BCUT2D eigenvalue weighted by Gasteiger charge is 2.35. The van der Waals surface area contributed by atoms with Crippen LogP contribution in [0.15, 0.2) is 29.2 Å². The monoisotopic (exact) mass is 483 g/mol. The van der Waals surface area contributed by atoms with Crippen molar-refractivity contribution in [1.29, 1.82) is 0 Å². The molecule has 0 aromatic heterocycles. The van der Waals surface area contributed by atoms with Crippen LogP contribution in [0.1, 0.15) is 48.9 Å². The van der Waals surface area contributed by atoms with Crippen molar-refractivity contribution in [3.63, 3.8) is 0 Å².